The van der Waals surface area contributed by atoms with Crippen LogP contribution in [0.3, 0.4) is 0 Å². The molecule has 1 aromatic rings. The van der Waals surface area contributed by atoms with E-state index in [4.69, 9.17) is 11.6 Å². The van der Waals surface area contributed by atoms with Crippen LogP contribution in [0.25, 0.3) is 0 Å². The first kappa shape index (κ1) is 12.5. The van der Waals surface area contributed by atoms with Gasteiger partial charge in [0.15, 0.2) is 0 Å². The predicted molar refractivity (Wildman–Crippen MR) is 68.5 cm³/mol. The fraction of sp³-hybridized carbons (Fsp3) is 0.583. The number of nitrogens with one attached hydrogen (secondary N) is 2. The number of nitrogens with zero attached hydrogens (tertiary/aromatic N) is 1. The Morgan fingerprint density at radius 2 is 2.53 bits per heavy atom. The van der Waals surface area contributed by atoms with Crippen molar-refractivity contribution in [1.29, 1.82) is 0 Å². The van der Waals surface area contributed by atoms with E-state index in [0.29, 0.717) is 10.7 Å². The molecule has 0 radical (unpaired) electrons. The predicted octanol–water partition coefficient (Wildman–Crippen LogP) is 1.64. The Labute approximate surface area is 106 Å². The van der Waals surface area contributed by atoms with Gasteiger partial charge in [0.05, 0.1) is 5.02 Å². The van der Waals surface area contributed by atoms with Gasteiger partial charge in [-0.15, -0.1) is 0 Å². The van der Waals surface area contributed by atoms with Gasteiger partial charge < -0.3 is 15.2 Å². The van der Waals surface area contributed by atoms with E-state index in [1.54, 1.807) is 12.3 Å². The molecule has 4 nitrogen and oxygen atoms in total. The van der Waals surface area contributed by atoms with Crippen LogP contribution in [0.5, 0.6) is 0 Å². The highest BCUT2D eigenvalue weighted by Gasteiger charge is 2.18. The second-order valence-electron chi connectivity index (χ2n) is 4.35. The van der Waals surface area contributed by atoms with Crippen molar-refractivity contribution in [2.75, 3.05) is 13.1 Å². The van der Waals surface area contributed by atoms with Gasteiger partial charge in [-0.1, -0.05) is 11.6 Å². The quantitative estimate of drug-likeness (QED) is 0.863. The molecule has 94 valence electrons. The van der Waals surface area contributed by atoms with Crippen molar-refractivity contribution in [1.82, 2.24) is 15.2 Å². The molecule has 1 aliphatic rings. The summed E-state index contributed by atoms with van der Waals surface area (Å²) in [7, 11) is 0. The summed E-state index contributed by atoms with van der Waals surface area (Å²) in [6.07, 6.45) is 3.94. The average Bonchev–Trinajstić information content (AvgIpc) is 2.72. The van der Waals surface area contributed by atoms with E-state index >= 15 is 0 Å². The maximum atomic E-state index is 12.1. The number of carbonyl (C=O) groups is 1. The van der Waals surface area contributed by atoms with Gasteiger partial charge in [0, 0.05) is 25.3 Å². The number of aromatic nitrogens is 1. The third kappa shape index (κ3) is 3.01. The minimum Gasteiger partial charge on any atom is -0.347 e. The molecular weight excluding hydrogens is 238 g/mol. The molecule has 0 bridgehead atoms. The molecule has 0 unspecified atom stereocenters. The monoisotopic (exact) mass is 255 g/mol. The van der Waals surface area contributed by atoms with Crippen LogP contribution in [0.1, 0.15) is 30.3 Å². The summed E-state index contributed by atoms with van der Waals surface area (Å²) in [5.41, 5.74) is 0.642. The Morgan fingerprint density at radius 3 is 3.18 bits per heavy atom. The van der Waals surface area contributed by atoms with E-state index in [1.165, 1.54) is 0 Å². The number of halogens is 1. The van der Waals surface area contributed by atoms with Crippen LogP contribution in [-0.4, -0.2) is 29.6 Å². The highest BCUT2D eigenvalue weighted by molar-refractivity contribution is 6.31. The maximum Gasteiger partial charge on any atom is 0.268 e. The molecule has 2 rings (SSSR count). The van der Waals surface area contributed by atoms with Crippen molar-refractivity contribution in [2.24, 2.45) is 0 Å². The zero-order valence-corrected chi connectivity index (χ0v) is 10.8. The Balaban J connectivity index is 2.02. The third-order valence-corrected chi connectivity index (χ3v) is 3.28. The van der Waals surface area contributed by atoms with Crippen molar-refractivity contribution < 1.29 is 4.79 Å². The van der Waals surface area contributed by atoms with Gasteiger partial charge in [0.1, 0.15) is 5.69 Å². The minimum absolute atomic E-state index is 0.0348. The number of aryl methyl sites for hydroxylation is 1. The molecule has 1 fully saturated rings. The molecule has 1 amide bonds. The number of hydrogen-bond acceptors (Lipinski definition) is 2. The van der Waals surface area contributed by atoms with Gasteiger partial charge in [0.2, 0.25) is 0 Å². The summed E-state index contributed by atoms with van der Waals surface area (Å²) in [4.78, 5) is 12.1. The molecule has 0 spiro atoms. The van der Waals surface area contributed by atoms with Crippen LogP contribution in [0, 0.1) is 0 Å². The Hall–Kier alpha value is -1.00. The van der Waals surface area contributed by atoms with Crippen molar-refractivity contribution in [3.63, 3.8) is 0 Å². The van der Waals surface area contributed by atoms with E-state index in [1.807, 2.05) is 11.5 Å². The second-order valence-corrected chi connectivity index (χ2v) is 4.78. The fourth-order valence-electron chi connectivity index (χ4n) is 2.16. The lowest BCUT2D eigenvalue weighted by Gasteiger charge is -2.23. The zero-order valence-electron chi connectivity index (χ0n) is 10.0. The van der Waals surface area contributed by atoms with E-state index in [0.717, 1.165) is 32.5 Å². The summed E-state index contributed by atoms with van der Waals surface area (Å²) >= 11 is 5.92. The molecule has 17 heavy (non-hydrogen) atoms. The minimum atomic E-state index is -0.0348. The molecule has 0 saturated carbocycles. The molecule has 1 atom stereocenters. The molecule has 1 saturated heterocycles. The standard InChI is InChI=1S/C12H18ClN3O/c1-2-16-8-9(13)6-11(16)12(17)15-10-4-3-5-14-7-10/h6,8,10,14H,2-5,7H2,1H3,(H,15,17)/t10-/m0/s1. The number of piperidine rings is 1. The summed E-state index contributed by atoms with van der Waals surface area (Å²) < 4.78 is 1.87. The van der Waals surface area contributed by atoms with Crippen LogP contribution < -0.4 is 10.6 Å². The van der Waals surface area contributed by atoms with Gasteiger partial charge in [-0.25, -0.2) is 0 Å². The topological polar surface area (TPSA) is 46.1 Å². The highest BCUT2D eigenvalue weighted by atomic mass is 35.5. The van der Waals surface area contributed by atoms with Gasteiger partial charge in [-0.3, -0.25) is 4.79 Å². The Bertz CT molecular complexity index is 396. The molecule has 1 aliphatic heterocycles. The van der Waals surface area contributed by atoms with E-state index in [9.17, 15) is 4.79 Å². The second kappa shape index (κ2) is 5.56. The van der Waals surface area contributed by atoms with Gasteiger partial charge in [-0.2, -0.15) is 0 Å². The number of carbonyl (C=O) groups excluding carboxylic acids is 1. The lowest BCUT2D eigenvalue weighted by Crippen LogP contribution is -2.46. The highest BCUT2D eigenvalue weighted by Crippen LogP contribution is 2.14. The SMILES string of the molecule is CCn1cc(Cl)cc1C(=O)N[C@H]1CCCNC1. The first-order valence-electron chi connectivity index (χ1n) is 6.08. The normalized spacial score (nSPS) is 20.2. The smallest absolute Gasteiger partial charge is 0.268 e. The third-order valence-electron chi connectivity index (χ3n) is 3.07. The first-order valence-corrected chi connectivity index (χ1v) is 6.45. The Kier molecular flexibility index (Phi) is 4.07. The molecule has 2 N–H and O–H groups in total. The van der Waals surface area contributed by atoms with Crippen molar-refractivity contribution in [3.8, 4) is 0 Å². The maximum absolute atomic E-state index is 12.1. The van der Waals surface area contributed by atoms with E-state index in [2.05, 4.69) is 10.6 Å². The van der Waals surface area contributed by atoms with Gasteiger partial charge in [0.25, 0.3) is 5.91 Å². The molecule has 2 heterocycles. The number of rotatable bonds is 3. The zero-order chi connectivity index (χ0) is 12.3. The largest absolute Gasteiger partial charge is 0.347 e. The summed E-state index contributed by atoms with van der Waals surface area (Å²) in [5, 5.41) is 6.93. The Morgan fingerprint density at radius 1 is 1.71 bits per heavy atom. The van der Waals surface area contributed by atoms with Crippen LogP contribution in [-0.2, 0) is 6.54 Å². The van der Waals surface area contributed by atoms with Crippen LogP contribution >= 0.6 is 11.6 Å². The molecule has 1 aromatic heterocycles. The van der Waals surface area contributed by atoms with Gasteiger partial charge >= 0.3 is 0 Å². The van der Waals surface area contributed by atoms with Crippen molar-refractivity contribution in [3.05, 3.63) is 23.0 Å². The fourth-order valence-corrected chi connectivity index (χ4v) is 2.38. The molecule has 0 aromatic carbocycles. The van der Waals surface area contributed by atoms with Crippen LogP contribution in [0.2, 0.25) is 5.02 Å². The van der Waals surface area contributed by atoms with Crippen LogP contribution in [0.15, 0.2) is 12.3 Å². The molecule has 0 aliphatic carbocycles. The lowest BCUT2D eigenvalue weighted by molar-refractivity contribution is 0.0921. The molecular formula is C12H18ClN3O. The molecule has 5 heteroatoms. The van der Waals surface area contributed by atoms with Crippen molar-refractivity contribution in [2.45, 2.75) is 32.4 Å². The summed E-state index contributed by atoms with van der Waals surface area (Å²) in [5.74, 6) is -0.0348. The van der Waals surface area contributed by atoms with E-state index in [-0.39, 0.29) is 11.9 Å². The lowest BCUT2D eigenvalue weighted by atomic mass is 10.1. The van der Waals surface area contributed by atoms with Crippen molar-refractivity contribution >= 4 is 17.5 Å². The first-order chi connectivity index (χ1) is 8.20. The average molecular weight is 256 g/mol. The van der Waals surface area contributed by atoms with E-state index < -0.39 is 0 Å². The number of hydrogen-bond donors (Lipinski definition) is 2. The summed E-state index contributed by atoms with van der Waals surface area (Å²) in [6.45, 7) is 4.64. The van der Waals surface area contributed by atoms with Crippen LogP contribution in [0.4, 0.5) is 0 Å². The summed E-state index contributed by atoms with van der Waals surface area (Å²) in [6, 6.07) is 1.95. The van der Waals surface area contributed by atoms with Gasteiger partial charge in [-0.05, 0) is 32.4 Å². The number of amides is 1.